The number of carboxylic acid groups (broad SMARTS) is 1. The van der Waals surface area contributed by atoms with Crippen LogP contribution >= 0.6 is 0 Å². The van der Waals surface area contributed by atoms with Gasteiger partial charge in [-0.3, -0.25) is 4.79 Å². The second-order valence-electron chi connectivity index (χ2n) is 8.82. The minimum atomic E-state index is -2.34. The summed E-state index contributed by atoms with van der Waals surface area (Å²) in [5.41, 5.74) is 0.303. The van der Waals surface area contributed by atoms with Crippen LogP contribution in [0.15, 0.2) is 12.1 Å². The van der Waals surface area contributed by atoms with Crippen molar-refractivity contribution in [1.82, 2.24) is 4.90 Å². The Morgan fingerprint density at radius 2 is 1.93 bits per heavy atom. The quantitative estimate of drug-likeness (QED) is 0.743. The molecule has 3 rings (SSSR count). The number of ether oxygens (including phenoxy) is 1. The number of anilines is 1. The second-order valence-corrected chi connectivity index (χ2v) is 13.6. The Bertz CT molecular complexity index is 819. The number of phenols is 1. The highest BCUT2D eigenvalue weighted by Crippen LogP contribution is 2.44. The molecule has 28 heavy (non-hydrogen) atoms. The summed E-state index contributed by atoms with van der Waals surface area (Å²) in [6, 6.07) is 2.31. The summed E-state index contributed by atoms with van der Waals surface area (Å²) in [5.74, 6) is -0.383. The third-order valence-electron chi connectivity index (χ3n) is 6.13. The third-order valence-corrected chi connectivity index (χ3v) is 10.6. The molecular weight excluding hydrogens is 380 g/mol. The number of rotatable bonds is 3. The molecule has 0 spiro atoms. The molecule has 8 nitrogen and oxygen atoms in total. The molecule has 0 aromatic heterocycles. The summed E-state index contributed by atoms with van der Waals surface area (Å²) < 4.78 is 11.6. The Balaban J connectivity index is 2.17. The van der Waals surface area contributed by atoms with Crippen molar-refractivity contribution in [3.8, 4) is 11.5 Å². The van der Waals surface area contributed by atoms with Gasteiger partial charge in [0.2, 0.25) is 0 Å². The Labute approximate surface area is 165 Å². The van der Waals surface area contributed by atoms with Crippen molar-refractivity contribution in [2.75, 3.05) is 18.6 Å². The van der Waals surface area contributed by atoms with Crippen LogP contribution in [0.1, 0.15) is 37.6 Å². The van der Waals surface area contributed by atoms with Gasteiger partial charge in [-0.25, -0.2) is 9.69 Å². The molecule has 0 radical (unpaired) electrons. The van der Waals surface area contributed by atoms with Gasteiger partial charge in [-0.2, -0.15) is 0 Å². The van der Waals surface area contributed by atoms with E-state index in [1.807, 2.05) is 0 Å². The molecule has 2 aliphatic rings. The zero-order valence-electron chi connectivity index (χ0n) is 17.1. The lowest BCUT2D eigenvalue weighted by Crippen LogP contribution is -2.64. The summed E-state index contributed by atoms with van der Waals surface area (Å²) in [6.45, 7) is 10.9. The molecule has 0 aliphatic carbocycles. The Kier molecular flexibility index (Phi) is 4.87. The number of hydrogen-bond donors (Lipinski definition) is 2. The van der Waals surface area contributed by atoms with Gasteiger partial charge in [0.1, 0.15) is 0 Å². The topological polar surface area (TPSA) is 99.5 Å². The predicted octanol–water partition coefficient (Wildman–Crippen LogP) is 3.46. The normalized spacial score (nSPS) is 22.1. The van der Waals surface area contributed by atoms with E-state index in [4.69, 9.17) is 9.16 Å². The first kappa shape index (κ1) is 20.5. The molecule has 1 fully saturated rings. The fourth-order valence-corrected chi connectivity index (χ4v) is 4.55. The van der Waals surface area contributed by atoms with Gasteiger partial charge in [0.05, 0.1) is 24.4 Å². The molecule has 0 bridgehead atoms. The average molecular weight is 409 g/mol. The molecule has 0 saturated carbocycles. The minimum Gasteiger partial charge on any atom is -0.504 e. The molecule has 1 unspecified atom stereocenters. The van der Waals surface area contributed by atoms with Gasteiger partial charge >= 0.3 is 6.09 Å². The van der Waals surface area contributed by atoms with Crippen molar-refractivity contribution < 1.29 is 29.0 Å². The highest BCUT2D eigenvalue weighted by Gasteiger charge is 2.51. The molecule has 154 valence electrons. The summed E-state index contributed by atoms with van der Waals surface area (Å²) in [6.07, 6.45) is -1.40. The number of aromatic hydroxyl groups is 1. The van der Waals surface area contributed by atoms with Crippen LogP contribution in [0.3, 0.4) is 0 Å². The molecule has 1 aromatic carbocycles. The van der Waals surface area contributed by atoms with E-state index >= 15 is 0 Å². The van der Waals surface area contributed by atoms with E-state index in [0.29, 0.717) is 13.0 Å². The zero-order valence-corrected chi connectivity index (χ0v) is 18.1. The fourth-order valence-electron chi connectivity index (χ4n) is 3.33. The molecule has 2 heterocycles. The van der Waals surface area contributed by atoms with E-state index < -0.39 is 20.6 Å². The van der Waals surface area contributed by atoms with Crippen molar-refractivity contribution in [2.45, 2.75) is 57.6 Å². The van der Waals surface area contributed by atoms with Crippen molar-refractivity contribution in [3.63, 3.8) is 0 Å². The second kappa shape index (κ2) is 6.66. The summed E-state index contributed by atoms with van der Waals surface area (Å²) in [4.78, 5) is 28.1. The maximum absolute atomic E-state index is 13.1. The van der Waals surface area contributed by atoms with Crippen molar-refractivity contribution in [1.29, 1.82) is 0 Å². The van der Waals surface area contributed by atoms with E-state index in [1.165, 1.54) is 19.2 Å². The lowest BCUT2D eigenvalue weighted by Gasteiger charge is -2.49. The van der Waals surface area contributed by atoms with Crippen LogP contribution in [0, 0.1) is 0 Å². The van der Waals surface area contributed by atoms with Crippen LogP contribution in [0.4, 0.5) is 10.5 Å². The Morgan fingerprint density at radius 1 is 1.29 bits per heavy atom. The van der Waals surface area contributed by atoms with Crippen LogP contribution in [-0.2, 0) is 4.43 Å². The fraction of sp³-hybridized carbons (Fsp3) is 0.579. The van der Waals surface area contributed by atoms with Crippen LogP contribution < -0.4 is 9.64 Å². The number of nitrogens with zero attached hydrogens (tertiary/aromatic N) is 2. The largest absolute Gasteiger partial charge is 0.504 e. The van der Waals surface area contributed by atoms with Gasteiger partial charge in [0, 0.05) is 12.6 Å². The van der Waals surface area contributed by atoms with Gasteiger partial charge in [-0.15, -0.1) is 0 Å². The zero-order chi connectivity index (χ0) is 21.0. The maximum atomic E-state index is 13.1. The van der Waals surface area contributed by atoms with Gasteiger partial charge < -0.3 is 24.3 Å². The third kappa shape index (κ3) is 3.12. The number of amides is 2. The molecule has 9 heteroatoms. The number of carbonyl (C=O) groups is 2. The Hall–Kier alpha value is -2.26. The predicted molar refractivity (Wildman–Crippen MR) is 107 cm³/mol. The van der Waals surface area contributed by atoms with Crippen LogP contribution in [-0.4, -0.2) is 61.4 Å². The summed E-state index contributed by atoms with van der Waals surface area (Å²) in [7, 11) is -0.962. The van der Waals surface area contributed by atoms with E-state index in [9.17, 15) is 19.8 Å². The first-order valence-corrected chi connectivity index (χ1v) is 12.2. The van der Waals surface area contributed by atoms with Crippen LogP contribution in [0.25, 0.3) is 0 Å². The first-order valence-electron chi connectivity index (χ1n) is 9.31. The Morgan fingerprint density at radius 3 is 2.39 bits per heavy atom. The van der Waals surface area contributed by atoms with Gasteiger partial charge in [-0.05, 0) is 30.6 Å². The SMILES string of the molecule is COc1cc2c(cc1O)N(C(=O)O)C(O[Si](C)(C)C(C)(C)C)[C@@H]1CCN1C2=O. The highest BCUT2D eigenvalue weighted by atomic mass is 28.4. The number of fused-ring (bicyclic) bond motifs is 2. The van der Waals surface area contributed by atoms with Gasteiger partial charge in [0.25, 0.3) is 5.91 Å². The molecule has 1 aromatic rings. The van der Waals surface area contributed by atoms with E-state index in [2.05, 4.69) is 33.9 Å². The van der Waals surface area contributed by atoms with Gasteiger partial charge in [-0.1, -0.05) is 20.8 Å². The smallest absolute Gasteiger partial charge is 0.414 e. The number of phenolic OH excluding ortho intramolecular Hbond substituents is 1. The van der Waals surface area contributed by atoms with Crippen molar-refractivity contribution in [2.24, 2.45) is 0 Å². The van der Waals surface area contributed by atoms with E-state index in [-0.39, 0.29) is 39.7 Å². The van der Waals surface area contributed by atoms with Crippen LogP contribution in [0.5, 0.6) is 11.5 Å². The molecule has 2 aliphatic heterocycles. The summed E-state index contributed by atoms with van der Waals surface area (Å²) >= 11 is 0. The van der Waals surface area contributed by atoms with Crippen LogP contribution in [0.2, 0.25) is 18.1 Å². The molecule has 2 amide bonds. The molecule has 1 saturated heterocycles. The van der Waals surface area contributed by atoms with Crippen molar-refractivity contribution >= 4 is 26.0 Å². The molecule has 2 N–H and O–H groups in total. The minimum absolute atomic E-state index is 0.119. The lowest BCUT2D eigenvalue weighted by atomic mass is 10.0. The number of benzene rings is 1. The standard InChI is InChI=1S/C19H28N2O6Si/c1-19(2,3)28(5,6)27-17-12-7-8-20(12)16(23)11-9-15(26-4)14(22)10-13(11)21(17)18(24)25/h9-10,12,17,22H,7-8H2,1-6H3,(H,24,25)/t12-,17?/m0/s1. The maximum Gasteiger partial charge on any atom is 0.414 e. The van der Waals surface area contributed by atoms with Gasteiger partial charge in [0.15, 0.2) is 26.0 Å². The van der Waals surface area contributed by atoms with Crippen molar-refractivity contribution in [3.05, 3.63) is 17.7 Å². The number of methoxy groups -OCH3 is 1. The van der Waals surface area contributed by atoms with E-state index in [1.54, 1.807) is 4.90 Å². The lowest BCUT2D eigenvalue weighted by molar-refractivity contribution is 0.00230. The highest BCUT2D eigenvalue weighted by molar-refractivity contribution is 6.74. The summed E-state index contributed by atoms with van der Waals surface area (Å²) in [5, 5.41) is 20.1. The molecule has 2 atom stereocenters. The number of hydrogen-bond acceptors (Lipinski definition) is 5. The molecular formula is C19H28N2O6Si. The first-order chi connectivity index (χ1) is 12.9. The monoisotopic (exact) mass is 408 g/mol. The van der Waals surface area contributed by atoms with E-state index in [0.717, 1.165) is 4.90 Å². The average Bonchev–Trinajstić information content (AvgIpc) is 2.57. The number of carbonyl (C=O) groups excluding carboxylic acids is 1.